The third kappa shape index (κ3) is 6.02. The number of carbonyl (C=O) groups is 1. The van der Waals surface area contributed by atoms with Crippen molar-refractivity contribution in [1.29, 1.82) is 0 Å². The molecule has 2 aromatic carbocycles. The van der Waals surface area contributed by atoms with E-state index in [2.05, 4.69) is 33.8 Å². The number of fused-ring (bicyclic) bond motifs is 1. The Morgan fingerprint density at radius 1 is 0.947 bits per heavy atom. The fraction of sp³-hybridized carbons (Fsp3) is 0.536. The maximum Gasteiger partial charge on any atom is 0.409 e. The highest BCUT2D eigenvalue weighted by molar-refractivity contribution is 5.68. The van der Waals surface area contributed by atoms with Gasteiger partial charge in [0.05, 0.1) is 14.2 Å². The maximum absolute atomic E-state index is 12.7. The highest BCUT2D eigenvalue weighted by atomic mass is 16.7. The minimum atomic E-state index is -0.221. The second-order valence-corrected chi connectivity index (χ2v) is 9.95. The van der Waals surface area contributed by atoms with Crippen molar-refractivity contribution >= 4 is 11.8 Å². The van der Waals surface area contributed by atoms with Gasteiger partial charge in [0.2, 0.25) is 12.5 Å². The van der Waals surface area contributed by atoms with Crippen LogP contribution in [0.1, 0.15) is 12.5 Å². The molecule has 0 radical (unpaired) electrons. The normalized spacial score (nSPS) is 19.9. The first-order valence-corrected chi connectivity index (χ1v) is 13.3. The van der Waals surface area contributed by atoms with Crippen LogP contribution in [0.5, 0.6) is 23.0 Å². The zero-order valence-corrected chi connectivity index (χ0v) is 22.6. The van der Waals surface area contributed by atoms with Crippen LogP contribution in [0.2, 0.25) is 0 Å². The van der Waals surface area contributed by atoms with E-state index in [9.17, 15) is 4.79 Å². The summed E-state index contributed by atoms with van der Waals surface area (Å²) in [6.45, 7) is 10.2. The lowest BCUT2D eigenvalue weighted by atomic mass is 10.1. The summed E-state index contributed by atoms with van der Waals surface area (Å²) in [5, 5.41) is 0. The van der Waals surface area contributed by atoms with Gasteiger partial charge in [-0.2, -0.15) is 0 Å². The number of hydrogen-bond acceptors (Lipinski definition) is 9. The highest BCUT2D eigenvalue weighted by Gasteiger charge is 2.28. The fourth-order valence-electron chi connectivity index (χ4n) is 5.34. The number of carbonyl (C=O) groups excluding carboxylic acids is 1. The number of ether oxygens (including phenoxy) is 5. The highest BCUT2D eigenvalue weighted by Crippen LogP contribution is 2.42. The van der Waals surface area contributed by atoms with Crippen molar-refractivity contribution in [2.24, 2.45) is 0 Å². The Bertz CT molecular complexity index is 1090. The molecule has 2 fully saturated rings. The van der Waals surface area contributed by atoms with Gasteiger partial charge >= 0.3 is 6.09 Å². The molecule has 10 nitrogen and oxygen atoms in total. The van der Waals surface area contributed by atoms with E-state index < -0.39 is 0 Å². The molecule has 1 unspecified atom stereocenters. The average molecular weight is 527 g/mol. The Kier molecular flexibility index (Phi) is 8.29. The second kappa shape index (κ2) is 12.0. The topological polar surface area (TPSA) is 76.2 Å². The lowest BCUT2D eigenvalue weighted by Gasteiger charge is -2.40. The monoisotopic (exact) mass is 526 g/mol. The zero-order valence-electron chi connectivity index (χ0n) is 22.6. The van der Waals surface area contributed by atoms with E-state index in [1.165, 1.54) is 0 Å². The van der Waals surface area contributed by atoms with Crippen LogP contribution in [0.25, 0.3) is 0 Å². The Hall–Kier alpha value is -3.37. The molecule has 3 heterocycles. The molecule has 10 heteroatoms. The summed E-state index contributed by atoms with van der Waals surface area (Å²) in [5.74, 6) is 2.99. The van der Waals surface area contributed by atoms with Crippen molar-refractivity contribution in [3.8, 4) is 23.0 Å². The molecule has 38 heavy (non-hydrogen) atoms. The lowest BCUT2D eigenvalue weighted by Crippen LogP contribution is -2.54. The summed E-state index contributed by atoms with van der Waals surface area (Å²) in [5.41, 5.74) is 2.29. The van der Waals surface area contributed by atoms with Gasteiger partial charge < -0.3 is 33.5 Å². The number of amides is 1. The Morgan fingerprint density at radius 2 is 1.71 bits per heavy atom. The van der Waals surface area contributed by atoms with Crippen LogP contribution < -0.4 is 23.8 Å². The van der Waals surface area contributed by atoms with Crippen LogP contribution in [-0.2, 0) is 11.3 Å². The van der Waals surface area contributed by atoms with Crippen molar-refractivity contribution < 1.29 is 28.5 Å². The number of piperazine rings is 2. The predicted molar refractivity (Wildman–Crippen MR) is 144 cm³/mol. The van der Waals surface area contributed by atoms with Gasteiger partial charge in [-0.05, 0) is 48.9 Å². The van der Waals surface area contributed by atoms with Crippen molar-refractivity contribution in [2.45, 2.75) is 19.5 Å². The molecule has 0 saturated carbocycles. The quantitative estimate of drug-likeness (QED) is 0.516. The minimum absolute atomic E-state index is 0.211. The first-order chi connectivity index (χ1) is 18.5. The summed E-state index contributed by atoms with van der Waals surface area (Å²) < 4.78 is 27.4. The number of methoxy groups -OCH3 is 2. The second-order valence-electron chi connectivity index (χ2n) is 9.95. The predicted octanol–water partition coefficient (Wildman–Crippen LogP) is 2.90. The number of rotatable bonds is 8. The summed E-state index contributed by atoms with van der Waals surface area (Å²) in [6, 6.07) is 12.3. The molecule has 0 aromatic heterocycles. The van der Waals surface area contributed by atoms with Gasteiger partial charge in [0.15, 0.2) is 11.5 Å². The van der Waals surface area contributed by atoms with Gasteiger partial charge in [0.1, 0.15) is 12.4 Å². The number of hydrogen-bond donors (Lipinski definition) is 0. The van der Waals surface area contributed by atoms with Crippen molar-refractivity contribution in [1.82, 2.24) is 14.7 Å². The molecule has 206 valence electrons. The molecule has 1 amide bonds. The molecule has 2 aromatic rings. The summed E-state index contributed by atoms with van der Waals surface area (Å²) >= 11 is 0. The van der Waals surface area contributed by atoms with Crippen LogP contribution in [0.3, 0.4) is 0 Å². The fourth-order valence-corrected chi connectivity index (χ4v) is 5.34. The average Bonchev–Trinajstić information content (AvgIpc) is 3.42. The molecule has 5 rings (SSSR count). The first kappa shape index (κ1) is 26.2. The maximum atomic E-state index is 12.7. The molecule has 2 saturated heterocycles. The van der Waals surface area contributed by atoms with E-state index in [1.54, 1.807) is 14.2 Å². The van der Waals surface area contributed by atoms with Gasteiger partial charge in [-0.25, -0.2) is 4.79 Å². The molecule has 3 aliphatic heterocycles. The van der Waals surface area contributed by atoms with E-state index in [1.807, 2.05) is 29.2 Å². The minimum Gasteiger partial charge on any atom is -0.497 e. The van der Waals surface area contributed by atoms with E-state index >= 15 is 0 Å². The van der Waals surface area contributed by atoms with Crippen LogP contribution in [-0.4, -0.2) is 107 Å². The first-order valence-electron chi connectivity index (χ1n) is 13.3. The molecule has 0 bridgehead atoms. The number of anilines is 1. The molecule has 0 aliphatic carbocycles. The van der Waals surface area contributed by atoms with Crippen molar-refractivity contribution in [3.05, 3.63) is 42.0 Å². The van der Waals surface area contributed by atoms with Crippen molar-refractivity contribution in [2.75, 3.05) is 84.9 Å². The van der Waals surface area contributed by atoms with E-state index in [-0.39, 0.29) is 18.9 Å². The Labute approximate surface area is 224 Å². The SMILES string of the molecule is COc1ccc(N2CCN(C(=O)OCCN3CCN(Cc4cc(OC)c5c(c4)OCO5)CC3)CC2C)cc1. The van der Waals surface area contributed by atoms with E-state index in [0.717, 1.165) is 68.6 Å². The molecular formula is C28H38N4O6. The standard InChI is InChI=1S/C28H38N4O6/c1-21-18-31(12-13-32(21)23-4-6-24(34-2)7-5-23)28(33)36-15-14-29-8-10-30(11-9-29)19-22-16-25(35-3)27-26(17-22)37-20-38-27/h4-7,16-17,21H,8-15,18-20H2,1-3H3. The number of nitrogens with zero attached hydrogens (tertiary/aromatic N) is 4. The molecule has 0 N–H and O–H groups in total. The van der Waals surface area contributed by atoms with Crippen LogP contribution in [0.15, 0.2) is 36.4 Å². The lowest BCUT2D eigenvalue weighted by molar-refractivity contribution is 0.0702. The van der Waals surface area contributed by atoms with Gasteiger partial charge in [-0.3, -0.25) is 9.80 Å². The third-order valence-electron chi connectivity index (χ3n) is 7.51. The summed E-state index contributed by atoms with van der Waals surface area (Å²) in [4.78, 5) is 21.6. The summed E-state index contributed by atoms with van der Waals surface area (Å²) in [7, 11) is 3.32. The van der Waals surface area contributed by atoms with E-state index in [0.29, 0.717) is 31.2 Å². The molecule has 1 atom stereocenters. The Balaban J connectivity index is 1.01. The zero-order chi connectivity index (χ0) is 26.5. The number of benzene rings is 2. The smallest absolute Gasteiger partial charge is 0.409 e. The van der Waals surface area contributed by atoms with Gasteiger partial charge in [-0.1, -0.05) is 0 Å². The largest absolute Gasteiger partial charge is 0.497 e. The Morgan fingerprint density at radius 3 is 2.42 bits per heavy atom. The summed E-state index contributed by atoms with van der Waals surface area (Å²) in [6.07, 6.45) is -0.221. The van der Waals surface area contributed by atoms with Gasteiger partial charge in [0.25, 0.3) is 0 Å². The van der Waals surface area contributed by atoms with Crippen LogP contribution in [0, 0.1) is 0 Å². The van der Waals surface area contributed by atoms with Gasteiger partial charge in [0, 0.05) is 70.6 Å². The van der Waals surface area contributed by atoms with Crippen molar-refractivity contribution in [3.63, 3.8) is 0 Å². The van der Waals surface area contributed by atoms with E-state index in [4.69, 9.17) is 23.7 Å². The van der Waals surface area contributed by atoms with Crippen LogP contribution >= 0.6 is 0 Å². The third-order valence-corrected chi connectivity index (χ3v) is 7.51. The van der Waals surface area contributed by atoms with Crippen LogP contribution in [0.4, 0.5) is 10.5 Å². The molecule has 0 spiro atoms. The molecular weight excluding hydrogens is 488 g/mol. The van der Waals surface area contributed by atoms with Gasteiger partial charge in [-0.15, -0.1) is 0 Å². The molecule has 3 aliphatic rings.